The van der Waals surface area contributed by atoms with E-state index in [1.807, 2.05) is 6.92 Å². The monoisotopic (exact) mass is 492 g/mol. The minimum Gasteiger partial charge on any atom is -0.478 e. The van der Waals surface area contributed by atoms with Crippen LogP contribution in [0.5, 0.6) is 0 Å². The smallest absolute Gasteiger partial charge is 0.335 e. The maximum absolute atomic E-state index is 12.8. The molecule has 33 heavy (non-hydrogen) atoms. The lowest BCUT2D eigenvalue weighted by molar-refractivity contribution is -0.141. The van der Waals surface area contributed by atoms with Crippen molar-refractivity contribution in [3.63, 3.8) is 0 Å². The van der Waals surface area contributed by atoms with E-state index in [0.29, 0.717) is 16.9 Å². The number of aromatic nitrogens is 3. The second kappa shape index (κ2) is 9.00. The van der Waals surface area contributed by atoms with Gasteiger partial charge < -0.3 is 20.3 Å². The number of carboxylic acids is 1. The molecule has 3 heterocycles. The fourth-order valence-corrected chi connectivity index (χ4v) is 6.06. The molecule has 0 bridgehead atoms. The van der Waals surface area contributed by atoms with E-state index in [1.165, 1.54) is 29.5 Å². The number of nitrogens with zero attached hydrogens (tertiary/aromatic N) is 2. The summed E-state index contributed by atoms with van der Waals surface area (Å²) in [7, 11) is 1.26. The van der Waals surface area contributed by atoms with Crippen LogP contribution in [0.4, 0.5) is 5.95 Å². The maximum Gasteiger partial charge on any atom is 0.335 e. The molecule has 1 saturated heterocycles. The predicted octanol–water partition coefficient (Wildman–Crippen LogP) is 1.75. The van der Waals surface area contributed by atoms with E-state index in [4.69, 9.17) is 15.2 Å². The Kier molecular flexibility index (Phi) is 6.28. The number of H-pyrrole nitrogens is 1. The molecule has 0 saturated carbocycles. The van der Waals surface area contributed by atoms with Gasteiger partial charge in [0.05, 0.1) is 24.3 Å². The number of rotatable bonds is 6. The van der Waals surface area contributed by atoms with Gasteiger partial charge in [-0.2, -0.15) is 4.98 Å². The number of fused-ring (bicyclic) bond motifs is 1. The standard InChI is InChI=1S/C20H20N4O7S2/c1-8(9-5-3-4-6-10(9)17(27)28)18-31-16(11(32-18)7-12(25)30-2)24-14-13(33-20(24)29)15(26)23-19(21)22-14/h3-6,8,11,16,18H,7H2,1-2H3,(H,27,28)(H3,21,22,23,26). The van der Waals surface area contributed by atoms with Crippen LogP contribution in [-0.4, -0.2) is 49.4 Å². The van der Waals surface area contributed by atoms with E-state index in [0.717, 1.165) is 0 Å². The Balaban J connectivity index is 1.77. The van der Waals surface area contributed by atoms with Crippen molar-refractivity contribution in [3.05, 3.63) is 55.4 Å². The van der Waals surface area contributed by atoms with Crippen LogP contribution in [0, 0.1) is 0 Å². The van der Waals surface area contributed by atoms with Gasteiger partial charge in [-0.15, -0.1) is 11.8 Å². The predicted molar refractivity (Wildman–Crippen MR) is 123 cm³/mol. The number of ether oxygens (including phenoxy) is 2. The fourth-order valence-electron chi connectivity index (χ4n) is 3.76. The molecule has 13 heteroatoms. The van der Waals surface area contributed by atoms with Crippen LogP contribution < -0.4 is 16.2 Å². The van der Waals surface area contributed by atoms with Gasteiger partial charge in [-0.25, -0.2) is 4.79 Å². The number of benzene rings is 1. The van der Waals surface area contributed by atoms with E-state index in [2.05, 4.69) is 9.97 Å². The summed E-state index contributed by atoms with van der Waals surface area (Å²) in [4.78, 5) is 54.8. The molecule has 0 amide bonds. The van der Waals surface area contributed by atoms with E-state index < -0.39 is 45.2 Å². The number of carboxylic acid groups (broad SMARTS) is 1. The summed E-state index contributed by atoms with van der Waals surface area (Å²) in [6, 6.07) is 6.58. The molecule has 4 unspecified atom stereocenters. The number of carbonyl (C=O) groups is 2. The fraction of sp³-hybridized carbons (Fsp3) is 0.350. The summed E-state index contributed by atoms with van der Waals surface area (Å²) in [5.74, 6) is -2.12. The Morgan fingerprint density at radius 1 is 1.36 bits per heavy atom. The SMILES string of the molecule is COC(=O)CC1SC(C(C)c2ccccc2C(=O)O)OC1n1c(=O)sc2c(=O)[nH]c(N)nc21. The van der Waals surface area contributed by atoms with Crippen molar-refractivity contribution in [3.8, 4) is 0 Å². The molecule has 0 radical (unpaired) electrons. The summed E-state index contributed by atoms with van der Waals surface area (Å²) < 4.78 is 12.3. The van der Waals surface area contributed by atoms with E-state index in [-0.39, 0.29) is 28.3 Å². The Hall–Kier alpha value is -3.16. The molecule has 1 fully saturated rings. The molecule has 4 rings (SSSR count). The van der Waals surface area contributed by atoms with Gasteiger partial charge in [0, 0.05) is 5.92 Å². The molecule has 3 aromatic rings. The highest BCUT2D eigenvalue weighted by molar-refractivity contribution is 8.00. The number of nitrogens with one attached hydrogen (secondary N) is 1. The number of aromatic carboxylic acids is 1. The van der Waals surface area contributed by atoms with Crippen molar-refractivity contribution in [2.75, 3.05) is 12.8 Å². The zero-order valence-electron chi connectivity index (χ0n) is 17.5. The van der Waals surface area contributed by atoms with Crippen molar-refractivity contribution in [2.24, 2.45) is 0 Å². The molecular weight excluding hydrogens is 472 g/mol. The van der Waals surface area contributed by atoms with Crippen molar-refractivity contribution in [2.45, 2.75) is 36.2 Å². The first-order chi connectivity index (χ1) is 15.7. The minimum absolute atomic E-state index is 0.0611. The molecule has 1 aliphatic heterocycles. The number of anilines is 1. The van der Waals surface area contributed by atoms with Gasteiger partial charge in [0.15, 0.2) is 11.9 Å². The van der Waals surface area contributed by atoms with Crippen LogP contribution in [0.3, 0.4) is 0 Å². The molecule has 174 valence electrons. The van der Waals surface area contributed by atoms with Crippen LogP contribution in [0.15, 0.2) is 33.9 Å². The van der Waals surface area contributed by atoms with Gasteiger partial charge in [-0.1, -0.05) is 36.5 Å². The number of esters is 1. The third kappa shape index (κ3) is 4.26. The molecule has 1 aliphatic rings. The number of carbonyl (C=O) groups excluding carboxylic acids is 1. The first-order valence-electron chi connectivity index (χ1n) is 9.82. The summed E-state index contributed by atoms with van der Waals surface area (Å²) >= 11 is 2.00. The molecule has 4 N–H and O–H groups in total. The molecule has 2 aromatic heterocycles. The Labute approximate surface area is 194 Å². The lowest BCUT2D eigenvalue weighted by Crippen LogP contribution is -2.29. The van der Waals surface area contributed by atoms with Gasteiger partial charge in [-0.05, 0) is 11.6 Å². The Morgan fingerprint density at radius 3 is 2.79 bits per heavy atom. The van der Waals surface area contributed by atoms with Crippen molar-refractivity contribution in [1.82, 2.24) is 14.5 Å². The average Bonchev–Trinajstić information content (AvgIpc) is 3.33. The van der Waals surface area contributed by atoms with Crippen LogP contribution in [0.25, 0.3) is 10.3 Å². The highest BCUT2D eigenvalue weighted by atomic mass is 32.2. The number of methoxy groups -OCH3 is 1. The average molecular weight is 493 g/mol. The van der Waals surface area contributed by atoms with Crippen LogP contribution >= 0.6 is 23.1 Å². The summed E-state index contributed by atoms with van der Waals surface area (Å²) in [5, 5.41) is 9.01. The molecule has 11 nitrogen and oxygen atoms in total. The number of aromatic amines is 1. The zero-order valence-corrected chi connectivity index (χ0v) is 19.1. The van der Waals surface area contributed by atoms with Crippen molar-refractivity contribution >= 4 is 51.3 Å². The summed E-state index contributed by atoms with van der Waals surface area (Å²) in [6.07, 6.45) is -1.02. The topological polar surface area (TPSA) is 167 Å². The molecule has 0 aliphatic carbocycles. The number of thiazole rings is 1. The number of nitrogens with two attached hydrogens (primary N) is 1. The Bertz CT molecular complexity index is 1350. The van der Waals surface area contributed by atoms with E-state index in [1.54, 1.807) is 18.2 Å². The van der Waals surface area contributed by atoms with Crippen molar-refractivity contribution < 1.29 is 24.2 Å². The summed E-state index contributed by atoms with van der Waals surface area (Å²) in [6.45, 7) is 1.81. The second-order valence-corrected chi connectivity index (χ2v) is 9.68. The van der Waals surface area contributed by atoms with Crippen LogP contribution in [-0.2, 0) is 14.3 Å². The number of hydrogen-bond acceptors (Lipinski definition) is 10. The maximum atomic E-state index is 12.8. The third-order valence-electron chi connectivity index (χ3n) is 5.33. The molecular formula is C20H20N4O7S2. The summed E-state index contributed by atoms with van der Waals surface area (Å²) in [5.41, 5.74) is 5.30. The largest absolute Gasteiger partial charge is 0.478 e. The number of thioether (sulfide) groups is 1. The quantitative estimate of drug-likeness (QED) is 0.431. The second-order valence-electron chi connectivity index (χ2n) is 7.37. The van der Waals surface area contributed by atoms with Crippen LogP contribution in [0.1, 0.15) is 41.4 Å². The van der Waals surface area contributed by atoms with Crippen molar-refractivity contribution in [1.29, 1.82) is 0 Å². The van der Waals surface area contributed by atoms with Gasteiger partial charge in [0.1, 0.15) is 10.1 Å². The lowest BCUT2D eigenvalue weighted by Gasteiger charge is -2.21. The normalized spacial score (nSPS) is 21.2. The van der Waals surface area contributed by atoms with E-state index in [9.17, 15) is 24.3 Å². The van der Waals surface area contributed by atoms with Crippen LogP contribution in [0.2, 0.25) is 0 Å². The van der Waals surface area contributed by atoms with Gasteiger partial charge in [-0.3, -0.25) is 23.9 Å². The highest BCUT2D eigenvalue weighted by Crippen LogP contribution is 2.47. The van der Waals surface area contributed by atoms with Gasteiger partial charge >= 0.3 is 16.8 Å². The minimum atomic E-state index is -1.07. The van der Waals surface area contributed by atoms with Gasteiger partial charge in [0.2, 0.25) is 5.95 Å². The first kappa shape index (κ1) is 23.0. The van der Waals surface area contributed by atoms with Gasteiger partial charge in [0.25, 0.3) is 5.56 Å². The first-order valence-corrected chi connectivity index (χ1v) is 11.6. The zero-order chi connectivity index (χ0) is 23.9. The number of hydrogen-bond donors (Lipinski definition) is 3. The third-order valence-corrected chi connectivity index (χ3v) is 7.81. The van der Waals surface area contributed by atoms with E-state index >= 15 is 0 Å². The molecule has 4 atom stereocenters. The lowest BCUT2D eigenvalue weighted by atomic mass is 9.96. The molecule has 1 aromatic carbocycles. The Morgan fingerprint density at radius 2 is 2.09 bits per heavy atom. The molecule has 0 spiro atoms. The highest BCUT2D eigenvalue weighted by Gasteiger charge is 2.43. The number of nitrogen functional groups attached to an aromatic ring is 1.